The molecule has 0 fully saturated rings. The molecule has 0 amide bonds. The highest BCUT2D eigenvalue weighted by molar-refractivity contribution is 6.17. The van der Waals surface area contributed by atoms with Crippen LogP contribution in [0.4, 0.5) is 0 Å². The number of pyridine rings is 1. The van der Waals surface area contributed by atoms with Gasteiger partial charge in [-0.1, -0.05) is 0 Å². The third-order valence-corrected chi connectivity index (χ3v) is 3.51. The van der Waals surface area contributed by atoms with Crippen molar-refractivity contribution in [2.75, 3.05) is 5.88 Å². The first-order chi connectivity index (χ1) is 10.2. The average molecular weight is 305 g/mol. The maximum Gasteiger partial charge on any atom is 0.160 e. The van der Waals surface area contributed by atoms with Gasteiger partial charge in [0.2, 0.25) is 0 Å². The van der Waals surface area contributed by atoms with Crippen LogP contribution >= 0.6 is 11.6 Å². The first-order valence-electron chi connectivity index (χ1n) is 6.89. The monoisotopic (exact) mass is 304 g/mol. The normalized spacial score (nSPS) is 11.4. The number of rotatable bonds is 5. The summed E-state index contributed by atoms with van der Waals surface area (Å²) in [5.74, 6) is 2.33. The van der Waals surface area contributed by atoms with E-state index in [1.54, 1.807) is 11.0 Å². The van der Waals surface area contributed by atoms with E-state index in [0.717, 1.165) is 47.8 Å². The number of nitrogens with zero attached hydrogens (tertiary/aromatic N) is 6. The second-order valence-corrected chi connectivity index (χ2v) is 5.44. The fourth-order valence-corrected chi connectivity index (χ4v) is 2.55. The van der Waals surface area contributed by atoms with Crippen LogP contribution in [0, 0.1) is 6.92 Å². The van der Waals surface area contributed by atoms with Crippen molar-refractivity contribution in [3.05, 3.63) is 35.8 Å². The molecule has 3 aromatic heterocycles. The molecule has 0 aliphatic heterocycles. The Morgan fingerprint density at radius 3 is 2.81 bits per heavy atom. The zero-order chi connectivity index (χ0) is 14.8. The minimum atomic E-state index is 0.546. The number of hydrogen-bond acceptors (Lipinski definition) is 4. The van der Waals surface area contributed by atoms with Crippen LogP contribution in [0.5, 0.6) is 0 Å². The molecule has 0 spiro atoms. The van der Waals surface area contributed by atoms with Crippen LogP contribution in [-0.2, 0) is 26.4 Å². The topological polar surface area (TPSA) is 61.4 Å². The van der Waals surface area contributed by atoms with Crippen LogP contribution < -0.4 is 0 Å². The van der Waals surface area contributed by atoms with E-state index in [0.29, 0.717) is 5.88 Å². The van der Waals surface area contributed by atoms with Crippen molar-refractivity contribution in [2.24, 2.45) is 7.05 Å². The van der Waals surface area contributed by atoms with Crippen molar-refractivity contribution in [2.45, 2.75) is 26.3 Å². The minimum Gasteiger partial charge on any atom is -0.312 e. The summed E-state index contributed by atoms with van der Waals surface area (Å²) in [4.78, 5) is 13.4. The van der Waals surface area contributed by atoms with Crippen molar-refractivity contribution < 1.29 is 0 Å². The van der Waals surface area contributed by atoms with Crippen molar-refractivity contribution >= 4 is 22.8 Å². The molecule has 0 saturated heterocycles. The lowest BCUT2D eigenvalue weighted by Crippen LogP contribution is -2.08. The van der Waals surface area contributed by atoms with Gasteiger partial charge in [0.1, 0.15) is 17.7 Å². The summed E-state index contributed by atoms with van der Waals surface area (Å²) in [6, 6.07) is 2.05. The molecule has 0 unspecified atom stereocenters. The molecule has 0 N–H and O–H groups in total. The Kier molecular flexibility index (Phi) is 3.88. The van der Waals surface area contributed by atoms with Crippen LogP contribution in [0.3, 0.4) is 0 Å². The molecule has 0 aliphatic carbocycles. The highest BCUT2D eigenvalue weighted by atomic mass is 35.5. The molecule has 3 aromatic rings. The minimum absolute atomic E-state index is 0.546. The van der Waals surface area contributed by atoms with Gasteiger partial charge in [-0.2, -0.15) is 5.10 Å². The van der Waals surface area contributed by atoms with E-state index in [9.17, 15) is 0 Å². The molecule has 7 heteroatoms. The lowest BCUT2D eigenvalue weighted by atomic mass is 10.3. The molecule has 21 heavy (non-hydrogen) atoms. The summed E-state index contributed by atoms with van der Waals surface area (Å²) in [5, 5.41) is 4.31. The summed E-state index contributed by atoms with van der Waals surface area (Å²) < 4.78 is 3.83. The van der Waals surface area contributed by atoms with E-state index in [1.165, 1.54) is 0 Å². The molecule has 0 bridgehead atoms. The molecule has 0 atom stereocenters. The van der Waals surface area contributed by atoms with Gasteiger partial charge in [-0.3, -0.25) is 4.68 Å². The Labute approximate surface area is 127 Å². The molecule has 6 nitrogen and oxygen atoms in total. The number of halogens is 1. The van der Waals surface area contributed by atoms with Gasteiger partial charge in [0, 0.05) is 38.5 Å². The number of imidazole rings is 1. The summed E-state index contributed by atoms with van der Waals surface area (Å²) in [7, 11) is 1.87. The number of aromatic nitrogens is 6. The standard InChI is InChI=1S/C14H17ClN6/c1-10-7-11-14(16-8-10)21(13(18-11)3-5-15)6-4-12-17-9-20(2)19-12/h7-9H,3-6H2,1-2H3. The molecular weight excluding hydrogens is 288 g/mol. The van der Waals surface area contributed by atoms with Gasteiger partial charge in [0.25, 0.3) is 0 Å². The van der Waals surface area contributed by atoms with Gasteiger partial charge in [0.05, 0.1) is 0 Å². The molecule has 110 valence electrons. The van der Waals surface area contributed by atoms with Gasteiger partial charge in [-0.15, -0.1) is 11.6 Å². The lowest BCUT2D eigenvalue weighted by molar-refractivity contribution is 0.642. The molecular formula is C14H17ClN6. The van der Waals surface area contributed by atoms with Crippen LogP contribution in [0.15, 0.2) is 18.6 Å². The summed E-state index contributed by atoms with van der Waals surface area (Å²) in [6.45, 7) is 2.77. The average Bonchev–Trinajstić information content (AvgIpc) is 3.00. The molecule has 3 rings (SSSR count). The van der Waals surface area contributed by atoms with Crippen molar-refractivity contribution in [3.8, 4) is 0 Å². The summed E-state index contributed by atoms with van der Waals surface area (Å²) in [6.07, 6.45) is 5.05. The zero-order valence-corrected chi connectivity index (χ0v) is 12.9. The van der Waals surface area contributed by atoms with E-state index >= 15 is 0 Å². The second-order valence-electron chi connectivity index (χ2n) is 5.06. The third kappa shape index (κ3) is 2.90. The molecule has 0 aliphatic rings. The Balaban J connectivity index is 1.92. The van der Waals surface area contributed by atoms with Crippen molar-refractivity contribution in [3.63, 3.8) is 0 Å². The first kappa shape index (κ1) is 14.0. The Bertz CT molecular complexity index is 760. The highest BCUT2D eigenvalue weighted by Crippen LogP contribution is 2.16. The molecule has 3 heterocycles. The number of aryl methyl sites for hydroxylation is 5. The smallest absolute Gasteiger partial charge is 0.160 e. The number of alkyl halides is 1. The van der Waals surface area contributed by atoms with E-state index < -0.39 is 0 Å². The van der Waals surface area contributed by atoms with Crippen molar-refractivity contribution in [1.82, 2.24) is 29.3 Å². The van der Waals surface area contributed by atoms with Crippen LogP contribution in [0.2, 0.25) is 0 Å². The maximum absolute atomic E-state index is 5.89. The van der Waals surface area contributed by atoms with Crippen molar-refractivity contribution in [1.29, 1.82) is 0 Å². The van der Waals surface area contributed by atoms with E-state index in [2.05, 4.69) is 30.7 Å². The summed E-state index contributed by atoms with van der Waals surface area (Å²) in [5.41, 5.74) is 2.93. The number of fused-ring (bicyclic) bond motifs is 1. The van der Waals surface area contributed by atoms with Gasteiger partial charge in [-0.25, -0.2) is 15.0 Å². The third-order valence-electron chi connectivity index (χ3n) is 3.32. The van der Waals surface area contributed by atoms with Crippen LogP contribution in [0.1, 0.15) is 17.2 Å². The molecule has 0 saturated carbocycles. The number of hydrogen-bond donors (Lipinski definition) is 0. The first-order valence-corrected chi connectivity index (χ1v) is 7.43. The predicted octanol–water partition coefficient (Wildman–Crippen LogP) is 1.89. The van der Waals surface area contributed by atoms with Crippen LogP contribution in [0.25, 0.3) is 11.2 Å². The Hall–Kier alpha value is -1.95. The quantitative estimate of drug-likeness (QED) is 0.675. The van der Waals surface area contributed by atoms with Gasteiger partial charge < -0.3 is 4.57 Å². The van der Waals surface area contributed by atoms with E-state index in [1.807, 2.05) is 20.2 Å². The molecule has 0 aromatic carbocycles. The SMILES string of the molecule is Cc1cnc2c(c1)nc(CCCl)n2CCc1ncn(C)n1. The predicted molar refractivity (Wildman–Crippen MR) is 81.4 cm³/mol. The highest BCUT2D eigenvalue weighted by Gasteiger charge is 2.12. The second kappa shape index (κ2) is 5.81. The van der Waals surface area contributed by atoms with Gasteiger partial charge >= 0.3 is 0 Å². The maximum atomic E-state index is 5.89. The fourth-order valence-electron chi connectivity index (χ4n) is 2.38. The summed E-state index contributed by atoms with van der Waals surface area (Å²) >= 11 is 5.89. The molecule has 0 radical (unpaired) electrons. The Morgan fingerprint density at radius 2 is 2.10 bits per heavy atom. The fraction of sp³-hybridized carbons (Fsp3) is 0.429. The zero-order valence-electron chi connectivity index (χ0n) is 12.1. The van der Waals surface area contributed by atoms with Gasteiger partial charge in [0.15, 0.2) is 11.5 Å². The lowest BCUT2D eigenvalue weighted by Gasteiger charge is -2.06. The Morgan fingerprint density at radius 1 is 1.24 bits per heavy atom. The van der Waals surface area contributed by atoms with E-state index in [-0.39, 0.29) is 0 Å². The largest absolute Gasteiger partial charge is 0.312 e. The van der Waals surface area contributed by atoms with Gasteiger partial charge in [-0.05, 0) is 18.6 Å². The van der Waals surface area contributed by atoms with Crippen LogP contribution in [-0.4, -0.2) is 35.2 Å². The van der Waals surface area contributed by atoms with E-state index in [4.69, 9.17) is 11.6 Å².